The van der Waals surface area contributed by atoms with Crippen molar-refractivity contribution >= 4 is 0 Å². The van der Waals surface area contributed by atoms with Crippen LogP contribution in [0.2, 0.25) is 0 Å². The average molecular weight is 243 g/mol. The number of rotatable bonds is 6. The molecule has 0 saturated heterocycles. The highest BCUT2D eigenvalue weighted by Crippen LogP contribution is 2.05. The van der Waals surface area contributed by atoms with Gasteiger partial charge in [0.25, 0.3) is 0 Å². The summed E-state index contributed by atoms with van der Waals surface area (Å²) in [6.07, 6.45) is 1.12. The van der Waals surface area contributed by atoms with E-state index in [0.717, 1.165) is 31.7 Å². The first-order valence-electron chi connectivity index (χ1n) is 6.57. The van der Waals surface area contributed by atoms with Gasteiger partial charge in [0.05, 0.1) is 11.4 Å². The Morgan fingerprint density at radius 2 is 1.94 bits per heavy atom. The third kappa shape index (κ3) is 3.44. The molecule has 2 aromatic rings. The molecule has 1 N–H and O–H groups in total. The van der Waals surface area contributed by atoms with E-state index in [4.69, 9.17) is 0 Å². The first-order valence-corrected chi connectivity index (χ1v) is 6.57. The van der Waals surface area contributed by atoms with Gasteiger partial charge in [0.15, 0.2) is 0 Å². The highest BCUT2D eigenvalue weighted by Gasteiger charge is 2.03. The molecule has 2 rings (SSSR count). The Labute approximate surface area is 109 Å². The molecule has 0 fully saturated rings. The molecule has 96 valence electrons. The highest BCUT2D eigenvalue weighted by atomic mass is 15.3. The van der Waals surface area contributed by atoms with E-state index in [1.165, 1.54) is 11.3 Å². The Bertz CT molecular complexity index is 474. The molecule has 0 aliphatic rings. The summed E-state index contributed by atoms with van der Waals surface area (Å²) in [5, 5.41) is 7.97. The number of nitrogens with one attached hydrogen (secondary N) is 1. The second kappa shape index (κ2) is 6.36. The molecule has 0 aliphatic carbocycles. The molecule has 3 heteroatoms. The molecular formula is C15H21N3. The average Bonchev–Trinajstić information content (AvgIpc) is 2.72. The van der Waals surface area contributed by atoms with Crippen molar-refractivity contribution in [3.63, 3.8) is 0 Å². The number of aryl methyl sites for hydroxylation is 2. The van der Waals surface area contributed by atoms with Crippen molar-refractivity contribution in [3.8, 4) is 0 Å². The van der Waals surface area contributed by atoms with E-state index < -0.39 is 0 Å². The van der Waals surface area contributed by atoms with Gasteiger partial charge in [0, 0.05) is 19.6 Å². The fraction of sp³-hybridized carbons (Fsp3) is 0.400. The summed E-state index contributed by atoms with van der Waals surface area (Å²) in [6.45, 7) is 6.99. The fourth-order valence-corrected chi connectivity index (χ4v) is 2.08. The van der Waals surface area contributed by atoms with Crippen LogP contribution in [-0.2, 0) is 19.6 Å². The molecule has 1 aromatic heterocycles. The molecule has 3 nitrogen and oxygen atoms in total. The van der Waals surface area contributed by atoms with E-state index in [2.05, 4.69) is 52.4 Å². The van der Waals surface area contributed by atoms with Gasteiger partial charge in [-0.1, -0.05) is 37.3 Å². The molecule has 0 radical (unpaired) electrons. The fourth-order valence-electron chi connectivity index (χ4n) is 2.08. The maximum absolute atomic E-state index is 4.50. The van der Waals surface area contributed by atoms with Crippen molar-refractivity contribution in [3.05, 3.63) is 53.3 Å². The van der Waals surface area contributed by atoms with Gasteiger partial charge in [-0.25, -0.2) is 0 Å². The van der Waals surface area contributed by atoms with Crippen molar-refractivity contribution in [1.82, 2.24) is 15.1 Å². The number of benzene rings is 1. The van der Waals surface area contributed by atoms with Gasteiger partial charge in [0.1, 0.15) is 0 Å². The third-order valence-corrected chi connectivity index (χ3v) is 2.90. The van der Waals surface area contributed by atoms with Gasteiger partial charge in [-0.05, 0) is 25.0 Å². The predicted octanol–water partition coefficient (Wildman–Crippen LogP) is 2.89. The van der Waals surface area contributed by atoms with Gasteiger partial charge >= 0.3 is 0 Å². The summed E-state index contributed by atoms with van der Waals surface area (Å²) < 4.78 is 2.10. The highest BCUT2D eigenvalue weighted by molar-refractivity contribution is 5.15. The minimum absolute atomic E-state index is 0.871. The molecule has 0 atom stereocenters. The van der Waals surface area contributed by atoms with Crippen LogP contribution in [0, 0.1) is 6.92 Å². The first kappa shape index (κ1) is 12.8. The van der Waals surface area contributed by atoms with Crippen molar-refractivity contribution in [2.24, 2.45) is 0 Å². The maximum Gasteiger partial charge on any atom is 0.0597 e. The lowest BCUT2D eigenvalue weighted by Crippen LogP contribution is -2.16. The second-order valence-electron chi connectivity index (χ2n) is 4.59. The molecular weight excluding hydrogens is 222 g/mol. The summed E-state index contributed by atoms with van der Waals surface area (Å²) in [4.78, 5) is 0. The lowest BCUT2D eigenvalue weighted by atomic mass is 10.2. The largest absolute Gasteiger partial charge is 0.307 e. The summed E-state index contributed by atoms with van der Waals surface area (Å²) in [6, 6.07) is 12.6. The number of aromatic nitrogens is 2. The first-order chi connectivity index (χ1) is 8.79. The van der Waals surface area contributed by atoms with Gasteiger partial charge in [-0.2, -0.15) is 5.10 Å². The van der Waals surface area contributed by atoms with Crippen LogP contribution in [0.3, 0.4) is 0 Å². The normalized spacial score (nSPS) is 10.8. The van der Waals surface area contributed by atoms with Crippen LogP contribution in [0.5, 0.6) is 0 Å². The molecule has 18 heavy (non-hydrogen) atoms. The predicted molar refractivity (Wildman–Crippen MR) is 74.2 cm³/mol. The van der Waals surface area contributed by atoms with Crippen molar-refractivity contribution in [2.75, 3.05) is 0 Å². The van der Waals surface area contributed by atoms with E-state index in [1.807, 2.05) is 13.0 Å². The van der Waals surface area contributed by atoms with Crippen LogP contribution in [0.15, 0.2) is 36.4 Å². The summed E-state index contributed by atoms with van der Waals surface area (Å²) >= 11 is 0. The van der Waals surface area contributed by atoms with Crippen molar-refractivity contribution < 1.29 is 0 Å². The Kier molecular flexibility index (Phi) is 4.53. The zero-order chi connectivity index (χ0) is 12.8. The lowest BCUT2D eigenvalue weighted by molar-refractivity contribution is 0.547. The molecule has 1 aromatic carbocycles. The summed E-state index contributed by atoms with van der Waals surface area (Å²) in [5.41, 5.74) is 3.68. The van der Waals surface area contributed by atoms with Gasteiger partial charge in [-0.3, -0.25) is 4.68 Å². The topological polar surface area (TPSA) is 29.9 Å². The quantitative estimate of drug-likeness (QED) is 0.845. The second-order valence-corrected chi connectivity index (χ2v) is 4.59. The van der Waals surface area contributed by atoms with Gasteiger partial charge in [0.2, 0.25) is 0 Å². The van der Waals surface area contributed by atoms with Crippen LogP contribution in [0.25, 0.3) is 0 Å². The molecule has 0 saturated carbocycles. The Morgan fingerprint density at radius 1 is 1.17 bits per heavy atom. The Balaban J connectivity index is 1.90. The molecule has 0 unspecified atom stereocenters. The van der Waals surface area contributed by atoms with Crippen LogP contribution in [0.4, 0.5) is 0 Å². The van der Waals surface area contributed by atoms with Crippen LogP contribution < -0.4 is 5.32 Å². The van der Waals surface area contributed by atoms with E-state index >= 15 is 0 Å². The summed E-state index contributed by atoms with van der Waals surface area (Å²) in [5.74, 6) is 0. The lowest BCUT2D eigenvalue weighted by Gasteiger charge is -2.07. The van der Waals surface area contributed by atoms with Crippen LogP contribution in [-0.4, -0.2) is 9.78 Å². The standard InChI is InChI=1S/C15H21N3/c1-3-9-18-15(10-13(2)17-18)12-16-11-14-7-5-4-6-8-14/h4-8,10,16H,3,9,11-12H2,1-2H3. The zero-order valence-corrected chi connectivity index (χ0v) is 11.2. The van der Waals surface area contributed by atoms with Gasteiger partial charge < -0.3 is 5.32 Å². The molecule has 0 bridgehead atoms. The smallest absolute Gasteiger partial charge is 0.0597 e. The third-order valence-electron chi connectivity index (χ3n) is 2.90. The summed E-state index contributed by atoms with van der Waals surface area (Å²) in [7, 11) is 0. The van der Waals surface area contributed by atoms with E-state index in [9.17, 15) is 0 Å². The number of nitrogens with zero attached hydrogens (tertiary/aromatic N) is 2. The van der Waals surface area contributed by atoms with Crippen LogP contribution >= 0.6 is 0 Å². The van der Waals surface area contributed by atoms with E-state index in [1.54, 1.807) is 0 Å². The minimum Gasteiger partial charge on any atom is -0.307 e. The molecule has 0 amide bonds. The van der Waals surface area contributed by atoms with E-state index in [0.29, 0.717) is 0 Å². The zero-order valence-electron chi connectivity index (χ0n) is 11.2. The Morgan fingerprint density at radius 3 is 2.67 bits per heavy atom. The number of hydrogen-bond donors (Lipinski definition) is 1. The number of hydrogen-bond acceptors (Lipinski definition) is 2. The maximum atomic E-state index is 4.50. The van der Waals surface area contributed by atoms with Crippen molar-refractivity contribution in [2.45, 2.75) is 39.9 Å². The molecule has 0 spiro atoms. The molecule has 0 aliphatic heterocycles. The molecule has 1 heterocycles. The van der Waals surface area contributed by atoms with Crippen molar-refractivity contribution in [1.29, 1.82) is 0 Å². The minimum atomic E-state index is 0.871. The monoisotopic (exact) mass is 243 g/mol. The van der Waals surface area contributed by atoms with E-state index in [-0.39, 0.29) is 0 Å². The SMILES string of the molecule is CCCn1nc(C)cc1CNCc1ccccc1. The Hall–Kier alpha value is -1.61. The van der Waals surface area contributed by atoms with Gasteiger partial charge in [-0.15, -0.1) is 0 Å². The van der Waals surface area contributed by atoms with Crippen LogP contribution in [0.1, 0.15) is 30.3 Å².